The Hall–Kier alpha value is -2.37. The van der Waals surface area contributed by atoms with Crippen LogP contribution in [0.5, 0.6) is 0 Å². The Bertz CT molecular complexity index is 921. The van der Waals surface area contributed by atoms with Gasteiger partial charge < -0.3 is 5.32 Å². The number of rotatable bonds is 3. The first-order chi connectivity index (χ1) is 11.1. The summed E-state index contributed by atoms with van der Waals surface area (Å²) >= 11 is 11.7. The summed E-state index contributed by atoms with van der Waals surface area (Å²) < 4.78 is 15.5. The third kappa shape index (κ3) is 3.21. The molecule has 2 aromatic heterocycles. The van der Waals surface area contributed by atoms with Gasteiger partial charge in [0.1, 0.15) is 5.65 Å². The number of aromatic nitrogens is 2. The lowest BCUT2D eigenvalue weighted by molar-refractivity contribution is -0.111. The van der Waals surface area contributed by atoms with Gasteiger partial charge in [-0.2, -0.15) is 0 Å². The Morgan fingerprint density at radius 3 is 2.87 bits per heavy atom. The van der Waals surface area contributed by atoms with Crippen LogP contribution in [0.1, 0.15) is 5.69 Å². The lowest BCUT2D eigenvalue weighted by atomic mass is 10.3. The van der Waals surface area contributed by atoms with E-state index in [1.807, 2.05) is 12.1 Å². The van der Waals surface area contributed by atoms with Gasteiger partial charge in [0.2, 0.25) is 5.91 Å². The maximum Gasteiger partial charge on any atom is 0.248 e. The van der Waals surface area contributed by atoms with Crippen LogP contribution in [0, 0.1) is 5.82 Å². The summed E-state index contributed by atoms with van der Waals surface area (Å²) in [4.78, 5) is 16.1. The highest BCUT2D eigenvalue weighted by Gasteiger charge is 2.09. The zero-order valence-corrected chi connectivity index (χ0v) is 13.1. The van der Waals surface area contributed by atoms with Crippen LogP contribution in [0.25, 0.3) is 11.7 Å². The van der Waals surface area contributed by atoms with Crippen LogP contribution in [0.4, 0.5) is 10.1 Å². The Balaban J connectivity index is 1.83. The average molecular weight is 350 g/mol. The summed E-state index contributed by atoms with van der Waals surface area (Å²) in [5.41, 5.74) is 1.24. The van der Waals surface area contributed by atoms with E-state index in [0.717, 1.165) is 0 Å². The molecule has 0 fully saturated rings. The molecule has 1 N–H and O–H groups in total. The lowest BCUT2D eigenvalue weighted by Gasteiger charge is -2.04. The summed E-state index contributed by atoms with van der Waals surface area (Å²) in [6.07, 6.45) is 4.55. The maximum atomic E-state index is 13.7. The summed E-state index contributed by atoms with van der Waals surface area (Å²) in [6, 6.07) is 9.83. The van der Waals surface area contributed by atoms with Gasteiger partial charge in [-0.3, -0.25) is 9.20 Å². The fourth-order valence-corrected chi connectivity index (χ4v) is 2.48. The molecule has 0 atom stereocenters. The van der Waals surface area contributed by atoms with Crippen molar-refractivity contribution >= 4 is 46.5 Å². The Morgan fingerprint density at radius 1 is 1.22 bits per heavy atom. The molecule has 0 unspecified atom stereocenters. The van der Waals surface area contributed by atoms with Crippen molar-refractivity contribution in [2.45, 2.75) is 0 Å². The molecular formula is C16H10Cl2FN3O. The van der Waals surface area contributed by atoms with Crippen LogP contribution in [-0.4, -0.2) is 15.3 Å². The molecule has 3 aromatic rings. The molecule has 2 heterocycles. The second-order valence-electron chi connectivity index (χ2n) is 4.64. The minimum atomic E-state index is -0.677. The first-order valence-electron chi connectivity index (χ1n) is 6.62. The van der Waals surface area contributed by atoms with Gasteiger partial charge in [-0.05, 0) is 30.3 Å². The van der Waals surface area contributed by atoms with Crippen LogP contribution < -0.4 is 5.32 Å². The van der Waals surface area contributed by atoms with Crippen molar-refractivity contribution < 1.29 is 9.18 Å². The van der Waals surface area contributed by atoms with E-state index in [0.29, 0.717) is 11.3 Å². The number of benzene rings is 1. The van der Waals surface area contributed by atoms with Gasteiger partial charge in [-0.1, -0.05) is 35.3 Å². The molecule has 0 aliphatic heterocycles. The minimum Gasteiger partial charge on any atom is -0.320 e. The van der Waals surface area contributed by atoms with Crippen LogP contribution in [-0.2, 0) is 4.79 Å². The number of imidazole rings is 1. The first kappa shape index (κ1) is 15.5. The number of fused-ring (bicyclic) bond motifs is 1. The number of nitrogens with one attached hydrogen (secondary N) is 1. The van der Waals surface area contributed by atoms with Crippen LogP contribution in [0.2, 0.25) is 10.2 Å². The van der Waals surface area contributed by atoms with Crippen molar-refractivity contribution in [3.8, 4) is 0 Å². The van der Waals surface area contributed by atoms with E-state index < -0.39 is 11.7 Å². The van der Waals surface area contributed by atoms with Gasteiger partial charge in [-0.15, -0.1) is 0 Å². The molecule has 0 bridgehead atoms. The second kappa shape index (κ2) is 6.40. The van der Waals surface area contributed by atoms with Crippen LogP contribution in [0.3, 0.4) is 0 Å². The molecule has 0 aliphatic rings. The van der Waals surface area contributed by atoms with Crippen molar-refractivity contribution in [2.24, 2.45) is 0 Å². The van der Waals surface area contributed by atoms with E-state index in [2.05, 4.69) is 10.3 Å². The number of pyridine rings is 1. The second-order valence-corrected chi connectivity index (χ2v) is 5.41. The van der Waals surface area contributed by atoms with Crippen molar-refractivity contribution in [2.75, 3.05) is 5.32 Å². The topological polar surface area (TPSA) is 46.4 Å². The van der Waals surface area contributed by atoms with E-state index in [9.17, 15) is 9.18 Å². The smallest absolute Gasteiger partial charge is 0.248 e. The fourth-order valence-electron chi connectivity index (χ4n) is 2.06. The molecule has 0 saturated carbocycles. The van der Waals surface area contributed by atoms with Gasteiger partial charge in [0.15, 0.2) is 11.0 Å². The standard InChI is InChI=1S/C16H10Cl2FN3O/c17-10-4-3-5-11(15(10)19)20-14(23)8-7-12-16(18)21-13-6-1-2-9-22(12)13/h1-9H,(H,20,23)/b8-7+. The molecular weight excluding hydrogens is 340 g/mol. The quantitative estimate of drug-likeness (QED) is 0.711. The van der Waals surface area contributed by atoms with Gasteiger partial charge in [0.05, 0.1) is 16.4 Å². The molecule has 1 amide bonds. The predicted octanol–water partition coefficient (Wildman–Crippen LogP) is 4.43. The van der Waals surface area contributed by atoms with E-state index in [4.69, 9.17) is 23.2 Å². The summed E-state index contributed by atoms with van der Waals surface area (Å²) in [5.74, 6) is -1.18. The number of carbonyl (C=O) groups excluding carboxylic acids is 1. The maximum absolute atomic E-state index is 13.7. The highest BCUT2D eigenvalue weighted by atomic mass is 35.5. The highest BCUT2D eigenvalue weighted by Crippen LogP contribution is 2.22. The fraction of sp³-hybridized carbons (Fsp3) is 0. The van der Waals surface area contributed by atoms with Crippen molar-refractivity contribution in [3.05, 3.63) is 70.4 Å². The number of amides is 1. The van der Waals surface area contributed by atoms with Crippen LogP contribution >= 0.6 is 23.2 Å². The third-order valence-electron chi connectivity index (χ3n) is 3.12. The van der Waals surface area contributed by atoms with Crippen molar-refractivity contribution in [1.82, 2.24) is 9.38 Å². The molecule has 0 saturated heterocycles. The molecule has 7 heteroatoms. The number of nitrogens with zero attached hydrogens (tertiary/aromatic N) is 2. The molecule has 4 nitrogen and oxygen atoms in total. The van der Waals surface area contributed by atoms with E-state index in [1.54, 1.807) is 22.7 Å². The summed E-state index contributed by atoms with van der Waals surface area (Å²) in [7, 11) is 0. The SMILES string of the molecule is O=C(/C=C/c1c(Cl)nc2ccccn12)Nc1cccc(Cl)c1F. The largest absolute Gasteiger partial charge is 0.320 e. The van der Waals surface area contributed by atoms with E-state index in [-0.39, 0.29) is 15.9 Å². The van der Waals surface area contributed by atoms with E-state index >= 15 is 0 Å². The van der Waals surface area contributed by atoms with Crippen molar-refractivity contribution in [1.29, 1.82) is 0 Å². The molecule has 1 aromatic carbocycles. The number of halogens is 3. The molecule has 23 heavy (non-hydrogen) atoms. The number of hydrogen-bond acceptors (Lipinski definition) is 2. The number of hydrogen-bond donors (Lipinski definition) is 1. The molecule has 0 aliphatic carbocycles. The van der Waals surface area contributed by atoms with E-state index in [1.165, 1.54) is 24.3 Å². The normalized spacial score (nSPS) is 11.3. The summed E-state index contributed by atoms with van der Waals surface area (Å²) in [5, 5.41) is 2.64. The third-order valence-corrected chi connectivity index (χ3v) is 3.69. The molecule has 0 radical (unpaired) electrons. The van der Waals surface area contributed by atoms with Gasteiger partial charge in [0, 0.05) is 12.3 Å². The van der Waals surface area contributed by atoms with Gasteiger partial charge in [-0.25, -0.2) is 9.37 Å². The Labute approximate surface area is 141 Å². The predicted molar refractivity (Wildman–Crippen MR) is 89.3 cm³/mol. The van der Waals surface area contributed by atoms with Crippen molar-refractivity contribution in [3.63, 3.8) is 0 Å². The molecule has 0 spiro atoms. The van der Waals surface area contributed by atoms with Gasteiger partial charge in [0.25, 0.3) is 0 Å². The average Bonchev–Trinajstić information content (AvgIpc) is 2.85. The lowest BCUT2D eigenvalue weighted by Crippen LogP contribution is -2.09. The van der Waals surface area contributed by atoms with Gasteiger partial charge >= 0.3 is 0 Å². The highest BCUT2D eigenvalue weighted by molar-refractivity contribution is 6.31. The Morgan fingerprint density at radius 2 is 2.04 bits per heavy atom. The number of anilines is 1. The molecule has 3 rings (SSSR count). The minimum absolute atomic E-state index is 0.0105. The zero-order valence-electron chi connectivity index (χ0n) is 11.6. The first-order valence-corrected chi connectivity index (χ1v) is 7.37. The van der Waals surface area contributed by atoms with Crippen LogP contribution in [0.15, 0.2) is 48.7 Å². The monoisotopic (exact) mass is 349 g/mol. The summed E-state index contributed by atoms with van der Waals surface area (Å²) in [6.45, 7) is 0. The number of carbonyl (C=O) groups is 1. The Kier molecular flexibility index (Phi) is 4.32. The zero-order chi connectivity index (χ0) is 16.4. The molecule has 116 valence electrons.